The number of alkyl halides is 3. The van der Waals surface area contributed by atoms with Crippen LogP contribution in [-0.2, 0) is 23.0 Å². The van der Waals surface area contributed by atoms with Crippen LogP contribution >= 0.6 is 0 Å². The molecule has 314 valence electrons. The normalized spacial score (nSPS) is 17.2. The molecule has 1 aliphatic carbocycles. The second kappa shape index (κ2) is 17.3. The molecule has 2 aromatic heterocycles. The molecule has 0 atom stereocenters. The van der Waals surface area contributed by atoms with E-state index in [0.717, 1.165) is 87.5 Å². The predicted octanol–water partition coefficient (Wildman–Crippen LogP) is 8.25. The van der Waals surface area contributed by atoms with E-state index in [0.29, 0.717) is 22.7 Å². The summed E-state index contributed by atoms with van der Waals surface area (Å²) in [5, 5.41) is 21.3. The lowest BCUT2D eigenvalue weighted by atomic mass is 9.86. The summed E-state index contributed by atoms with van der Waals surface area (Å²) < 4.78 is 47.9. The molecular weight excluding hydrogens is 778 g/mol. The fourth-order valence-electron chi connectivity index (χ4n) is 8.10. The first-order valence-corrected chi connectivity index (χ1v) is 20.1. The van der Waals surface area contributed by atoms with Gasteiger partial charge in [-0.25, -0.2) is 4.98 Å². The number of nitrogens with one attached hydrogen (secondary N) is 2. The lowest BCUT2D eigenvalue weighted by Gasteiger charge is -2.31. The van der Waals surface area contributed by atoms with E-state index in [1.54, 1.807) is 38.1 Å². The van der Waals surface area contributed by atoms with E-state index in [2.05, 4.69) is 27.6 Å². The van der Waals surface area contributed by atoms with Crippen molar-refractivity contribution in [3.8, 4) is 11.5 Å². The molecule has 12 nitrogen and oxygen atoms in total. The first-order valence-electron chi connectivity index (χ1n) is 20.1. The number of carbonyl (C=O) groups is 4. The van der Waals surface area contributed by atoms with Crippen molar-refractivity contribution in [2.45, 2.75) is 83.0 Å². The molecular formula is C45H47F3N6O6. The number of carbonyl (C=O) groups excluding carboxylic acids is 4. The monoisotopic (exact) mass is 824 g/mol. The van der Waals surface area contributed by atoms with Crippen molar-refractivity contribution in [3.05, 3.63) is 113 Å². The topological polar surface area (TPSA) is 156 Å². The zero-order chi connectivity index (χ0) is 42.8. The maximum Gasteiger partial charge on any atom is 0.433 e. The molecule has 3 aromatic carbocycles. The van der Waals surface area contributed by atoms with Gasteiger partial charge in [-0.05, 0) is 126 Å². The fourth-order valence-corrected chi connectivity index (χ4v) is 8.10. The van der Waals surface area contributed by atoms with Gasteiger partial charge >= 0.3 is 6.18 Å². The third-order valence-corrected chi connectivity index (χ3v) is 11.2. The quantitative estimate of drug-likeness (QED) is 0.0570. The molecule has 1 saturated carbocycles. The van der Waals surface area contributed by atoms with Crippen molar-refractivity contribution in [2.75, 3.05) is 25.5 Å². The number of hydrogen-bond acceptors (Lipinski definition) is 9. The van der Waals surface area contributed by atoms with Crippen molar-refractivity contribution >= 4 is 40.1 Å². The van der Waals surface area contributed by atoms with E-state index >= 15 is 0 Å². The highest BCUT2D eigenvalue weighted by Gasteiger charge is 2.35. The Morgan fingerprint density at radius 1 is 0.933 bits per heavy atom. The molecule has 60 heavy (non-hydrogen) atoms. The summed E-state index contributed by atoms with van der Waals surface area (Å²) in [4.78, 5) is 55.7. The summed E-state index contributed by atoms with van der Waals surface area (Å²) in [5.74, 6) is -1.82. The van der Waals surface area contributed by atoms with Crippen LogP contribution in [0.2, 0.25) is 0 Å². The number of aromatic nitrogens is 3. The minimum atomic E-state index is -4.70. The molecule has 0 saturated heterocycles. The number of amides is 3. The van der Waals surface area contributed by atoms with Crippen LogP contribution in [0.1, 0.15) is 113 Å². The highest BCUT2D eigenvalue weighted by Crippen LogP contribution is 2.37. The molecule has 2 aliphatic rings. The second-order valence-electron chi connectivity index (χ2n) is 16.2. The molecule has 1 fully saturated rings. The minimum absolute atomic E-state index is 0.0343. The predicted molar refractivity (Wildman–Crippen MR) is 218 cm³/mol. The lowest BCUT2D eigenvalue weighted by molar-refractivity contribution is -0.141. The Bertz CT molecular complexity index is 2430. The average Bonchev–Trinajstić information content (AvgIpc) is 3.63. The SMILES string of the molecule is CN(CCCCCc1ccccc1Oc1cccc2c1C(=O)NC(=O)C2=O)CC1CCC(n2cc3cc(NC(=O)c4cccc(C(F)(F)F)n4)c(C(C)(C)O)cc3n2)CC1. The third-order valence-electron chi connectivity index (χ3n) is 11.2. The van der Waals surface area contributed by atoms with Gasteiger partial charge in [-0.1, -0.05) is 36.8 Å². The van der Waals surface area contributed by atoms with Crippen LogP contribution in [0, 0.1) is 5.92 Å². The number of aliphatic hydroxyl groups is 1. The largest absolute Gasteiger partial charge is 0.456 e. The summed E-state index contributed by atoms with van der Waals surface area (Å²) in [5.41, 5.74) is -0.577. The van der Waals surface area contributed by atoms with Gasteiger partial charge in [-0.3, -0.25) is 29.2 Å². The van der Waals surface area contributed by atoms with Gasteiger partial charge < -0.3 is 20.1 Å². The molecule has 0 bridgehead atoms. The summed E-state index contributed by atoms with van der Waals surface area (Å²) in [6.45, 7) is 5.09. The number of aryl methyl sites for hydroxylation is 1. The fraction of sp³-hybridized carbons (Fsp3) is 0.378. The molecule has 0 unspecified atom stereocenters. The number of pyridine rings is 1. The maximum absolute atomic E-state index is 13.2. The minimum Gasteiger partial charge on any atom is -0.456 e. The first kappa shape index (κ1) is 42.2. The number of ketones is 1. The number of rotatable bonds is 14. The summed E-state index contributed by atoms with van der Waals surface area (Å²) >= 11 is 0. The number of para-hydroxylation sites is 1. The molecule has 1 aliphatic heterocycles. The van der Waals surface area contributed by atoms with E-state index in [4.69, 9.17) is 9.84 Å². The van der Waals surface area contributed by atoms with Crippen molar-refractivity contribution in [1.82, 2.24) is 25.0 Å². The number of Topliss-reactive ketones (excluding diaryl/α,β-unsaturated/α-hetero) is 1. The number of fused-ring (bicyclic) bond motifs is 2. The molecule has 15 heteroatoms. The van der Waals surface area contributed by atoms with Gasteiger partial charge in [-0.2, -0.15) is 18.3 Å². The smallest absolute Gasteiger partial charge is 0.433 e. The highest BCUT2D eigenvalue weighted by molar-refractivity contribution is 6.49. The number of anilines is 1. The van der Waals surface area contributed by atoms with Gasteiger partial charge in [0, 0.05) is 34.9 Å². The molecule has 3 heterocycles. The number of imide groups is 1. The van der Waals surface area contributed by atoms with Gasteiger partial charge in [0.1, 0.15) is 22.9 Å². The number of halogens is 3. The van der Waals surface area contributed by atoms with Gasteiger partial charge in [0.05, 0.1) is 22.7 Å². The number of nitrogens with zero attached hydrogens (tertiary/aromatic N) is 4. The maximum atomic E-state index is 13.2. The van der Waals surface area contributed by atoms with Gasteiger partial charge in [-0.15, -0.1) is 0 Å². The van der Waals surface area contributed by atoms with E-state index in [1.165, 1.54) is 12.1 Å². The van der Waals surface area contributed by atoms with E-state index < -0.39 is 46.7 Å². The lowest BCUT2D eigenvalue weighted by Crippen LogP contribution is -2.42. The van der Waals surface area contributed by atoms with Crippen LogP contribution in [0.3, 0.4) is 0 Å². The second-order valence-corrected chi connectivity index (χ2v) is 16.2. The van der Waals surface area contributed by atoms with Crippen LogP contribution < -0.4 is 15.4 Å². The Morgan fingerprint density at radius 3 is 2.42 bits per heavy atom. The molecule has 5 aromatic rings. The van der Waals surface area contributed by atoms with Crippen molar-refractivity contribution < 1.29 is 42.2 Å². The average molecular weight is 825 g/mol. The number of ether oxygens (including phenoxy) is 1. The van der Waals surface area contributed by atoms with Crippen LogP contribution in [0.25, 0.3) is 10.9 Å². The number of benzene rings is 3. The van der Waals surface area contributed by atoms with Crippen LogP contribution in [0.15, 0.2) is 79.0 Å². The van der Waals surface area contributed by atoms with Crippen LogP contribution in [-0.4, -0.2) is 68.4 Å². The molecule has 0 spiro atoms. The molecule has 0 radical (unpaired) electrons. The van der Waals surface area contributed by atoms with Crippen LogP contribution in [0.5, 0.6) is 11.5 Å². The number of hydrogen-bond donors (Lipinski definition) is 3. The van der Waals surface area contributed by atoms with Crippen molar-refractivity contribution in [1.29, 1.82) is 0 Å². The Balaban J connectivity index is 0.888. The van der Waals surface area contributed by atoms with Gasteiger partial charge in [0.15, 0.2) is 0 Å². The standard InChI is InChI=1S/C45H47F3N6O6/c1-44(2,59)32-24-34-29(23-35(32)50-41(56)33-14-10-17-38(49-33)45(46,47)48)26-54(52-34)30-20-18-27(19-21-30)25-53(3)22-8-4-5-11-28-12-6-7-15-36(28)60-37-16-9-13-31-39(37)42(57)51-43(58)40(31)55/h6-7,9-10,12-17,23-24,26-27,30,59H,4-5,8,11,18-22,25H2,1-3H3,(H,50,56)(H,51,57,58). The van der Waals surface area contributed by atoms with E-state index in [9.17, 15) is 37.5 Å². The summed E-state index contributed by atoms with van der Waals surface area (Å²) in [6.07, 6.45) is 4.96. The van der Waals surface area contributed by atoms with Crippen LogP contribution in [0.4, 0.5) is 18.9 Å². The van der Waals surface area contributed by atoms with Crippen molar-refractivity contribution in [3.63, 3.8) is 0 Å². The Hall–Kier alpha value is -5.93. The summed E-state index contributed by atoms with van der Waals surface area (Å²) in [7, 11) is 2.16. The van der Waals surface area contributed by atoms with E-state index in [-0.39, 0.29) is 28.6 Å². The molecule has 7 rings (SSSR count). The first-order chi connectivity index (χ1) is 28.5. The summed E-state index contributed by atoms with van der Waals surface area (Å²) in [6, 6.07) is 19.0. The zero-order valence-electron chi connectivity index (χ0n) is 33.6. The Kier molecular flexibility index (Phi) is 12.2. The Morgan fingerprint density at radius 2 is 1.67 bits per heavy atom. The van der Waals surface area contributed by atoms with Gasteiger partial charge in [0.25, 0.3) is 23.5 Å². The molecule has 3 amide bonds. The third kappa shape index (κ3) is 9.58. The number of unbranched alkanes of at least 4 members (excludes halogenated alkanes) is 2. The highest BCUT2D eigenvalue weighted by atomic mass is 19.4. The molecule has 3 N–H and O–H groups in total. The van der Waals surface area contributed by atoms with Crippen molar-refractivity contribution in [2.24, 2.45) is 5.92 Å². The van der Waals surface area contributed by atoms with Gasteiger partial charge in [0.2, 0.25) is 0 Å². The van der Waals surface area contributed by atoms with E-state index in [1.807, 2.05) is 35.1 Å². The zero-order valence-corrected chi connectivity index (χ0v) is 33.6. The Labute approximate surface area is 345 Å².